The van der Waals surface area contributed by atoms with E-state index >= 15 is 0 Å². The Bertz CT molecular complexity index is 435. The molecule has 1 atom stereocenters. The zero-order chi connectivity index (χ0) is 14.5. The summed E-state index contributed by atoms with van der Waals surface area (Å²) in [6.45, 7) is 4.90. The van der Waals surface area contributed by atoms with Crippen molar-refractivity contribution in [3.05, 3.63) is 22.4 Å². The van der Waals surface area contributed by atoms with Gasteiger partial charge in [0, 0.05) is 24.6 Å². The summed E-state index contributed by atoms with van der Waals surface area (Å²) in [6.07, 6.45) is 4.06. The van der Waals surface area contributed by atoms with Crippen LogP contribution in [0.1, 0.15) is 30.6 Å². The van der Waals surface area contributed by atoms with Crippen LogP contribution in [0.5, 0.6) is 0 Å². The molecular weight excluding hydrogens is 284 g/mol. The van der Waals surface area contributed by atoms with Crippen LogP contribution in [0.3, 0.4) is 0 Å². The van der Waals surface area contributed by atoms with E-state index < -0.39 is 0 Å². The molecule has 1 aromatic rings. The Labute approximate surface area is 130 Å². The molecule has 0 radical (unpaired) electrons. The number of carbonyl (C=O) groups is 1. The Hall–Kier alpha value is -0.910. The number of ether oxygens (including phenoxy) is 1. The van der Waals surface area contributed by atoms with Crippen LogP contribution >= 0.6 is 11.3 Å². The molecule has 3 rings (SSSR count). The highest BCUT2D eigenvalue weighted by Crippen LogP contribution is 2.20. The van der Waals surface area contributed by atoms with E-state index in [1.54, 1.807) is 0 Å². The Morgan fingerprint density at radius 1 is 1.38 bits per heavy atom. The molecule has 2 fully saturated rings. The number of piperidine rings is 1. The fraction of sp³-hybridized carbons (Fsp3) is 0.688. The molecule has 1 unspecified atom stereocenters. The quantitative estimate of drug-likeness (QED) is 0.907. The SMILES string of the molecule is O=C(NCC1CCN(Cc2cccs2)CC1)C1CCCO1. The van der Waals surface area contributed by atoms with Gasteiger partial charge in [0.25, 0.3) is 0 Å². The first-order valence-corrected chi connectivity index (χ1v) is 8.83. The highest BCUT2D eigenvalue weighted by molar-refractivity contribution is 7.09. The van der Waals surface area contributed by atoms with Gasteiger partial charge in [0.2, 0.25) is 5.91 Å². The standard InChI is InChI=1S/C16H24N2O2S/c19-16(15-4-1-9-20-15)17-11-13-5-7-18(8-6-13)12-14-3-2-10-21-14/h2-3,10,13,15H,1,4-9,11-12H2,(H,17,19). The van der Waals surface area contributed by atoms with Crippen LogP contribution in [0.2, 0.25) is 0 Å². The Balaban J connectivity index is 1.34. The van der Waals surface area contributed by atoms with Gasteiger partial charge >= 0.3 is 0 Å². The number of nitrogens with zero attached hydrogens (tertiary/aromatic N) is 1. The van der Waals surface area contributed by atoms with Crippen LogP contribution in [0, 0.1) is 5.92 Å². The topological polar surface area (TPSA) is 41.6 Å². The highest BCUT2D eigenvalue weighted by atomic mass is 32.1. The zero-order valence-electron chi connectivity index (χ0n) is 12.4. The minimum absolute atomic E-state index is 0.0912. The third-order valence-corrected chi connectivity index (χ3v) is 5.31. The van der Waals surface area contributed by atoms with Crippen LogP contribution in [0.25, 0.3) is 0 Å². The van der Waals surface area contributed by atoms with Gasteiger partial charge < -0.3 is 10.1 Å². The molecule has 21 heavy (non-hydrogen) atoms. The lowest BCUT2D eigenvalue weighted by Crippen LogP contribution is -2.41. The molecule has 1 amide bonds. The molecular formula is C16H24N2O2S. The van der Waals surface area contributed by atoms with Crippen molar-refractivity contribution in [1.29, 1.82) is 0 Å². The lowest BCUT2D eigenvalue weighted by atomic mass is 9.96. The molecule has 2 aliphatic heterocycles. The number of hydrogen-bond acceptors (Lipinski definition) is 4. The number of carbonyl (C=O) groups excluding carboxylic acids is 1. The molecule has 0 spiro atoms. The molecule has 116 valence electrons. The molecule has 1 aromatic heterocycles. The first kappa shape index (κ1) is 15.0. The van der Waals surface area contributed by atoms with Crippen molar-refractivity contribution >= 4 is 17.2 Å². The van der Waals surface area contributed by atoms with Crippen LogP contribution in [-0.4, -0.2) is 43.2 Å². The molecule has 5 heteroatoms. The second-order valence-corrected chi connectivity index (χ2v) is 7.08. The lowest BCUT2D eigenvalue weighted by molar-refractivity contribution is -0.130. The average molecular weight is 308 g/mol. The highest BCUT2D eigenvalue weighted by Gasteiger charge is 2.25. The van der Waals surface area contributed by atoms with Crippen molar-refractivity contribution < 1.29 is 9.53 Å². The van der Waals surface area contributed by atoms with E-state index in [9.17, 15) is 4.79 Å². The zero-order valence-corrected chi connectivity index (χ0v) is 13.2. The molecule has 0 saturated carbocycles. The van der Waals surface area contributed by atoms with Crippen molar-refractivity contribution in [2.45, 2.75) is 38.3 Å². The second kappa shape index (κ2) is 7.38. The summed E-state index contributed by atoms with van der Waals surface area (Å²) in [6, 6.07) is 4.33. The molecule has 2 saturated heterocycles. The van der Waals surface area contributed by atoms with E-state index in [1.807, 2.05) is 11.3 Å². The molecule has 2 aliphatic rings. The Kier molecular flexibility index (Phi) is 5.27. The molecule has 4 nitrogen and oxygen atoms in total. The maximum atomic E-state index is 11.9. The van der Waals surface area contributed by atoms with Crippen molar-refractivity contribution in [2.24, 2.45) is 5.92 Å². The van der Waals surface area contributed by atoms with Crippen LogP contribution in [-0.2, 0) is 16.1 Å². The summed E-state index contributed by atoms with van der Waals surface area (Å²) < 4.78 is 5.41. The van der Waals surface area contributed by atoms with Gasteiger partial charge in [-0.25, -0.2) is 0 Å². The van der Waals surface area contributed by atoms with Gasteiger partial charge in [0.1, 0.15) is 6.10 Å². The van der Waals surface area contributed by atoms with E-state index in [-0.39, 0.29) is 12.0 Å². The number of likely N-dealkylation sites (tertiary alicyclic amines) is 1. The predicted molar refractivity (Wildman–Crippen MR) is 84.3 cm³/mol. The Morgan fingerprint density at radius 3 is 2.90 bits per heavy atom. The van der Waals surface area contributed by atoms with Gasteiger partial charge in [-0.2, -0.15) is 0 Å². The van der Waals surface area contributed by atoms with Crippen molar-refractivity contribution in [2.75, 3.05) is 26.2 Å². The summed E-state index contributed by atoms with van der Waals surface area (Å²) in [7, 11) is 0. The van der Waals surface area contributed by atoms with Gasteiger partial charge in [-0.3, -0.25) is 9.69 Å². The van der Waals surface area contributed by atoms with E-state index in [0.717, 1.165) is 45.6 Å². The molecule has 1 N–H and O–H groups in total. The summed E-state index contributed by atoms with van der Waals surface area (Å²) in [5.74, 6) is 0.712. The fourth-order valence-corrected chi connectivity index (χ4v) is 3.86. The normalized spacial score (nSPS) is 24.3. The largest absolute Gasteiger partial charge is 0.368 e. The van der Waals surface area contributed by atoms with Gasteiger partial charge in [-0.1, -0.05) is 6.07 Å². The summed E-state index contributed by atoms with van der Waals surface area (Å²) >= 11 is 1.83. The van der Waals surface area contributed by atoms with Crippen LogP contribution in [0.15, 0.2) is 17.5 Å². The number of hydrogen-bond donors (Lipinski definition) is 1. The average Bonchev–Trinajstić information content (AvgIpc) is 3.19. The summed E-state index contributed by atoms with van der Waals surface area (Å²) in [5.41, 5.74) is 0. The smallest absolute Gasteiger partial charge is 0.249 e. The third kappa shape index (κ3) is 4.28. The summed E-state index contributed by atoms with van der Waals surface area (Å²) in [4.78, 5) is 15.9. The van der Waals surface area contributed by atoms with Gasteiger partial charge in [-0.15, -0.1) is 11.3 Å². The second-order valence-electron chi connectivity index (χ2n) is 6.05. The fourth-order valence-electron chi connectivity index (χ4n) is 3.11. The molecule has 0 aliphatic carbocycles. The molecule has 3 heterocycles. The van der Waals surface area contributed by atoms with Crippen molar-refractivity contribution in [3.8, 4) is 0 Å². The maximum Gasteiger partial charge on any atom is 0.249 e. The molecule has 0 aromatic carbocycles. The lowest BCUT2D eigenvalue weighted by Gasteiger charge is -2.31. The van der Waals surface area contributed by atoms with E-state index in [1.165, 1.54) is 17.7 Å². The number of thiophene rings is 1. The predicted octanol–water partition coefficient (Wildman–Crippen LogP) is 2.26. The van der Waals surface area contributed by atoms with Crippen molar-refractivity contribution in [3.63, 3.8) is 0 Å². The van der Waals surface area contributed by atoms with Crippen LogP contribution < -0.4 is 5.32 Å². The number of nitrogens with one attached hydrogen (secondary N) is 1. The van der Waals surface area contributed by atoms with Crippen molar-refractivity contribution in [1.82, 2.24) is 10.2 Å². The number of rotatable bonds is 5. The minimum atomic E-state index is -0.191. The van der Waals surface area contributed by atoms with Gasteiger partial charge in [0.15, 0.2) is 0 Å². The Morgan fingerprint density at radius 2 is 2.24 bits per heavy atom. The van der Waals surface area contributed by atoms with E-state index in [0.29, 0.717) is 5.92 Å². The van der Waals surface area contributed by atoms with Gasteiger partial charge in [-0.05, 0) is 56.1 Å². The molecule has 0 bridgehead atoms. The minimum Gasteiger partial charge on any atom is -0.368 e. The number of amides is 1. The first-order valence-electron chi connectivity index (χ1n) is 7.95. The maximum absolute atomic E-state index is 11.9. The third-order valence-electron chi connectivity index (χ3n) is 4.45. The van der Waals surface area contributed by atoms with E-state index in [4.69, 9.17) is 4.74 Å². The summed E-state index contributed by atoms with van der Waals surface area (Å²) in [5, 5.41) is 5.22. The van der Waals surface area contributed by atoms with Gasteiger partial charge in [0.05, 0.1) is 0 Å². The van der Waals surface area contributed by atoms with E-state index in [2.05, 4.69) is 27.7 Å². The first-order chi connectivity index (χ1) is 10.3. The monoisotopic (exact) mass is 308 g/mol. The van der Waals surface area contributed by atoms with Crippen LogP contribution in [0.4, 0.5) is 0 Å².